The average molecular weight is 523 g/mol. The van der Waals surface area contributed by atoms with Crippen molar-refractivity contribution in [2.45, 2.75) is 19.3 Å². The molecule has 0 amide bonds. The molecule has 0 aliphatic rings. The summed E-state index contributed by atoms with van der Waals surface area (Å²) in [4.78, 5) is 25.3. The second-order valence-electron chi connectivity index (χ2n) is 6.47. The van der Waals surface area contributed by atoms with Crippen LogP contribution < -0.4 is 5.32 Å². The van der Waals surface area contributed by atoms with Crippen LogP contribution in [-0.2, 0) is 32.1 Å². The van der Waals surface area contributed by atoms with E-state index < -0.39 is 18.2 Å². The van der Waals surface area contributed by atoms with Crippen LogP contribution in [0.5, 0.6) is 0 Å². The Balaban J connectivity index is 1.75. The Morgan fingerprint density at radius 1 is 0.903 bits per heavy atom. The maximum atomic E-state index is 12.8. The van der Waals surface area contributed by atoms with Gasteiger partial charge in [0.25, 0.3) is 6.23 Å². The molecule has 0 heterocycles. The van der Waals surface area contributed by atoms with Crippen molar-refractivity contribution in [1.29, 1.82) is 0 Å². The lowest BCUT2D eigenvalue weighted by Crippen LogP contribution is -2.36. The van der Waals surface area contributed by atoms with Gasteiger partial charge in [0.05, 0.1) is 22.2 Å². The number of ether oxygens (including phenoxy) is 2. The summed E-state index contributed by atoms with van der Waals surface area (Å²) in [7, 11) is 0. The number of hydrogen-bond donors (Lipinski definition) is 1. The molecule has 0 bridgehead atoms. The SMILES string of the molecule is O=C(Cc1ccccc1)OC(Nc1c(Cl)cccc1Cl)C(=O)OCc1ccccc1Br. The molecular weight excluding hydrogens is 505 g/mol. The van der Waals surface area contributed by atoms with Gasteiger partial charge in [-0.1, -0.05) is 93.7 Å². The van der Waals surface area contributed by atoms with Crippen LogP contribution in [0.15, 0.2) is 77.3 Å². The molecule has 1 atom stereocenters. The lowest BCUT2D eigenvalue weighted by atomic mass is 10.2. The van der Waals surface area contributed by atoms with Gasteiger partial charge in [0, 0.05) is 10.0 Å². The van der Waals surface area contributed by atoms with E-state index in [1.807, 2.05) is 42.5 Å². The Morgan fingerprint density at radius 3 is 2.23 bits per heavy atom. The Kier molecular flexibility index (Phi) is 8.35. The molecule has 8 heteroatoms. The van der Waals surface area contributed by atoms with Gasteiger partial charge in [0.15, 0.2) is 0 Å². The normalized spacial score (nSPS) is 11.5. The number of nitrogens with one attached hydrogen (secondary N) is 1. The zero-order chi connectivity index (χ0) is 22.2. The monoisotopic (exact) mass is 521 g/mol. The minimum Gasteiger partial charge on any atom is -0.457 e. The highest BCUT2D eigenvalue weighted by Crippen LogP contribution is 2.30. The van der Waals surface area contributed by atoms with Crippen molar-refractivity contribution in [3.63, 3.8) is 0 Å². The first-order valence-corrected chi connectivity index (χ1v) is 10.8. The van der Waals surface area contributed by atoms with Crippen LogP contribution in [0.25, 0.3) is 0 Å². The van der Waals surface area contributed by atoms with Crippen LogP contribution in [-0.4, -0.2) is 18.2 Å². The number of halogens is 3. The van der Waals surface area contributed by atoms with Crippen LogP contribution >= 0.6 is 39.1 Å². The van der Waals surface area contributed by atoms with E-state index in [1.165, 1.54) is 0 Å². The molecule has 31 heavy (non-hydrogen) atoms. The van der Waals surface area contributed by atoms with Crippen molar-refractivity contribution in [3.8, 4) is 0 Å². The maximum absolute atomic E-state index is 12.8. The highest BCUT2D eigenvalue weighted by atomic mass is 79.9. The van der Waals surface area contributed by atoms with Gasteiger partial charge in [0.1, 0.15) is 6.61 Å². The third-order valence-corrected chi connectivity index (χ3v) is 5.62. The maximum Gasteiger partial charge on any atom is 0.369 e. The van der Waals surface area contributed by atoms with E-state index in [-0.39, 0.29) is 28.8 Å². The van der Waals surface area contributed by atoms with E-state index in [1.54, 1.807) is 30.3 Å². The molecule has 0 saturated heterocycles. The minimum absolute atomic E-state index is 0.00716. The molecule has 1 unspecified atom stereocenters. The van der Waals surface area contributed by atoms with Crippen LogP contribution in [0.3, 0.4) is 0 Å². The van der Waals surface area contributed by atoms with Crippen molar-refractivity contribution in [2.75, 3.05) is 5.32 Å². The molecule has 3 aromatic rings. The average Bonchev–Trinajstić information content (AvgIpc) is 2.75. The van der Waals surface area contributed by atoms with E-state index in [0.29, 0.717) is 0 Å². The summed E-state index contributed by atoms with van der Waals surface area (Å²) >= 11 is 15.8. The third kappa shape index (κ3) is 6.72. The molecule has 0 aliphatic carbocycles. The summed E-state index contributed by atoms with van der Waals surface area (Å²) in [5.41, 5.74) is 1.78. The largest absolute Gasteiger partial charge is 0.457 e. The number of rotatable bonds is 8. The highest BCUT2D eigenvalue weighted by Gasteiger charge is 2.26. The standard InChI is InChI=1S/C23H18BrCl2NO4/c24-17-10-5-4-9-16(17)14-30-23(29)22(27-21-18(25)11-6-12-19(21)26)31-20(28)13-15-7-2-1-3-8-15/h1-12,22,27H,13-14H2. The van der Waals surface area contributed by atoms with E-state index >= 15 is 0 Å². The van der Waals surface area contributed by atoms with Crippen molar-refractivity contribution >= 4 is 56.8 Å². The number of benzene rings is 3. The van der Waals surface area contributed by atoms with Crippen LogP contribution in [0.1, 0.15) is 11.1 Å². The number of carbonyl (C=O) groups excluding carboxylic acids is 2. The molecular formula is C23H18BrCl2NO4. The summed E-state index contributed by atoms with van der Waals surface area (Å²) in [6.45, 7) is -0.00900. The zero-order valence-electron chi connectivity index (χ0n) is 16.2. The number of anilines is 1. The fourth-order valence-corrected chi connectivity index (χ4v) is 3.58. The van der Waals surface area contributed by atoms with Crippen LogP contribution in [0, 0.1) is 0 Å². The van der Waals surface area contributed by atoms with E-state index in [4.69, 9.17) is 32.7 Å². The molecule has 1 N–H and O–H groups in total. The summed E-state index contributed by atoms with van der Waals surface area (Å²) in [5, 5.41) is 3.34. The number of carbonyl (C=O) groups is 2. The summed E-state index contributed by atoms with van der Waals surface area (Å²) in [5.74, 6) is -1.39. The van der Waals surface area contributed by atoms with Crippen molar-refractivity contribution in [1.82, 2.24) is 0 Å². The summed E-state index contributed by atoms with van der Waals surface area (Å²) in [6.07, 6.45) is -1.44. The molecule has 3 rings (SSSR count). The van der Waals surface area contributed by atoms with Crippen molar-refractivity contribution in [3.05, 3.63) is 98.4 Å². The third-order valence-electron chi connectivity index (χ3n) is 4.22. The molecule has 0 fully saturated rings. The van der Waals surface area contributed by atoms with Gasteiger partial charge in [-0.25, -0.2) is 4.79 Å². The number of para-hydroxylation sites is 1. The van der Waals surface area contributed by atoms with Crippen LogP contribution in [0.4, 0.5) is 5.69 Å². The van der Waals surface area contributed by atoms with Crippen LogP contribution in [0.2, 0.25) is 10.0 Å². The fourth-order valence-electron chi connectivity index (χ4n) is 2.68. The zero-order valence-corrected chi connectivity index (χ0v) is 19.3. The Morgan fingerprint density at radius 2 is 1.55 bits per heavy atom. The lowest BCUT2D eigenvalue weighted by Gasteiger charge is -2.20. The first-order valence-electron chi connectivity index (χ1n) is 9.28. The lowest BCUT2D eigenvalue weighted by molar-refractivity contribution is -0.166. The fraction of sp³-hybridized carbons (Fsp3) is 0.130. The highest BCUT2D eigenvalue weighted by molar-refractivity contribution is 9.10. The molecule has 160 valence electrons. The first-order chi connectivity index (χ1) is 14.9. The predicted octanol–water partition coefficient (Wildman–Crippen LogP) is 6.02. The predicted molar refractivity (Wildman–Crippen MR) is 124 cm³/mol. The molecule has 5 nitrogen and oxygen atoms in total. The van der Waals surface area contributed by atoms with E-state index in [9.17, 15) is 9.59 Å². The number of esters is 2. The van der Waals surface area contributed by atoms with Gasteiger partial charge in [0.2, 0.25) is 0 Å². The molecule has 0 aliphatic heterocycles. The summed E-state index contributed by atoms with van der Waals surface area (Å²) < 4.78 is 11.6. The van der Waals surface area contributed by atoms with Crippen molar-refractivity contribution < 1.29 is 19.1 Å². The van der Waals surface area contributed by atoms with Gasteiger partial charge in [-0.15, -0.1) is 0 Å². The second-order valence-corrected chi connectivity index (χ2v) is 8.14. The Labute approximate surface area is 198 Å². The number of hydrogen-bond acceptors (Lipinski definition) is 5. The van der Waals surface area contributed by atoms with Crippen molar-refractivity contribution in [2.24, 2.45) is 0 Å². The molecule has 0 saturated carbocycles. The first kappa shape index (κ1) is 23.1. The van der Waals surface area contributed by atoms with Gasteiger partial charge >= 0.3 is 11.9 Å². The topological polar surface area (TPSA) is 64.6 Å². The van der Waals surface area contributed by atoms with E-state index in [2.05, 4.69) is 21.2 Å². The molecule has 3 aromatic carbocycles. The molecule has 0 spiro atoms. The van der Waals surface area contributed by atoms with Gasteiger partial charge < -0.3 is 14.8 Å². The molecule has 0 aromatic heterocycles. The Bertz CT molecular complexity index is 1040. The van der Waals surface area contributed by atoms with Gasteiger partial charge in [-0.3, -0.25) is 4.79 Å². The quantitative estimate of drug-likeness (QED) is 0.289. The van der Waals surface area contributed by atoms with Gasteiger partial charge in [-0.2, -0.15) is 0 Å². The summed E-state index contributed by atoms with van der Waals surface area (Å²) in [6, 6.07) is 21.2. The Hall–Kier alpha value is -2.54. The molecule has 0 radical (unpaired) electrons. The second kappa shape index (κ2) is 11.2. The minimum atomic E-state index is -1.43. The van der Waals surface area contributed by atoms with E-state index in [0.717, 1.165) is 15.6 Å². The smallest absolute Gasteiger partial charge is 0.369 e. The van der Waals surface area contributed by atoms with Gasteiger partial charge in [-0.05, 0) is 23.8 Å².